The van der Waals surface area contributed by atoms with E-state index in [4.69, 9.17) is 4.74 Å². The minimum absolute atomic E-state index is 0.0126. The number of benzene rings is 2. The van der Waals surface area contributed by atoms with Crippen LogP contribution in [0.25, 0.3) is 0 Å². The molecule has 0 unspecified atom stereocenters. The zero-order valence-corrected chi connectivity index (χ0v) is 16.5. The van der Waals surface area contributed by atoms with Gasteiger partial charge in [-0.2, -0.15) is 0 Å². The maximum Gasteiger partial charge on any atom is 0.338 e. The van der Waals surface area contributed by atoms with Crippen LogP contribution in [0.2, 0.25) is 0 Å². The number of esters is 1. The monoisotopic (exact) mass is 415 g/mol. The highest BCUT2D eigenvalue weighted by Gasteiger charge is 2.24. The van der Waals surface area contributed by atoms with Crippen molar-refractivity contribution in [2.24, 2.45) is 0 Å². The van der Waals surface area contributed by atoms with E-state index in [2.05, 4.69) is 0 Å². The Kier molecular flexibility index (Phi) is 6.61. The Morgan fingerprint density at radius 2 is 1.83 bits per heavy atom. The molecule has 1 aliphatic rings. The number of likely N-dealkylation sites (N-methyl/N-ethyl adjacent to an activating group) is 1. The Bertz CT molecular complexity index is 942. The van der Waals surface area contributed by atoms with Crippen molar-refractivity contribution in [3.8, 4) is 0 Å². The molecule has 0 radical (unpaired) electrons. The number of nitrogens with zero attached hydrogens (tertiary/aromatic N) is 3. The number of amides is 1. The summed E-state index contributed by atoms with van der Waals surface area (Å²) in [5, 5.41) is 11.4. The molecule has 1 amide bonds. The Morgan fingerprint density at radius 3 is 2.47 bits per heavy atom. The maximum absolute atomic E-state index is 13.0. The van der Waals surface area contributed by atoms with Crippen molar-refractivity contribution in [1.82, 2.24) is 4.90 Å². The van der Waals surface area contributed by atoms with Gasteiger partial charge >= 0.3 is 5.97 Å². The highest BCUT2D eigenvalue weighted by Crippen LogP contribution is 2.31. The molecular formula is C21H22FN3O5. The second kappa shape index (κ2) is 9.34. The number of rotatable bonds is 7. The highest BCUT2D eigenvalue weighted by molar-refractivity contribution is 5.93. The van der Waals surface area contributed by atoms with Gasteiger partial charge in [0.25, 0.3) is 11.6 Å². The van der Waals surface area contributed by atoms with Gasteiger partial charge in [-0.25, -0.2) is 9.18 Å². The van der Waals surface area contributed by atoms with E-state index in [1.165, 1.54) is 36.2 Å². The van der Waals surface area contributed by atoms with E-state index < -0.39 is 23.4 Å². The van der Waals surface area contributed by atoms with E-state index >= 15 is 0 Å². The van der Waals surface area contributed by atoms with Crippen LogP contribution in [0, 0.1) is 15.9 Å². The van der Waals surface area contributed by atoms with Gasteiger partial charge in [-0.05, 0) is 42.7 Å². The number of anilines is 1. The smallest absolute Gasteiger partial charge is 0.338 e. The van der Waals surface area contributed by atoms with Crippen molar-refractivity contribution >= 4 is 23.3 Å². The van der Waals surface area contributed by atoms with Crippen LogP contribution < -0.4 is 4.90 Å². The van der Waals surface area contributed by atoms with Gasteiger partial charge in [0, 0.05) is 32.7 Å². The van der Waals surface area contributed by atoms with Crippen molar-refractivity contribution in [2.45, 2.75) is 19.4 Å². The first-order valence-electron chi connectivity index (χ1n) is 9.54. The highest BCUT2D eigenvalue weighted by atomic mass is 19.1. The van der Waals surface area contributed by atoms with Crippen LogP contribution >= 0.6 is 0 Å². The molecule has 1 fully saturated rings. The minimum atomic E-state index is -0.811. The number of nitro groups is 1. The van der Waals surface area contributed by atoms with Crippen molar-refractivity contribution < 1.29 is 23.6 Å². The average Bonchev–Trinajstić information content (AvgIpc) is 3.27. The summed E-state index contributed by atoms with van der Waals surface area (Å²) in [6.07, 6.45) is 1.93. The number of hydrogen-bond donors (Lipinski definition) is 0. The fraction of sp³-hybridized carbons (Fsp3) is 0.333. The van der Waals surface area contributed by atoms with E-state index in [-0.39, 0.29) is 23.6 Å². The largest absolute Gasteiger partial charge is 0.452 e. The van der Waals surface area contributed by atoms with Gasteiger partial charge in [0.05, 0.1) is 10.5 Å². The molecule has 0 aliphatic carbocycles. The lowest BCUT2D eigenvalue weighted by Gasteiger charge is -2.18. The van der Waals surface area contributed by atoms with E-state index in [1.807, 2.05) is 4.90 Å². The van der Waals surface area contributed by atoms with E-state index in [0.29, 0.717) is 5.69 Å². The maximum atomic E-state index is 13.0. The number of carbonyl (C=O) groups excluding carboxylic acids is 2. The average molecular weight is 415 g/mol. The number of carbonyl (C=O) groups is 2. The third-order valence-corrected chi connectivity index (χ3v) is 4.94. The fourth-order valence-electron chi connectivity index (χ4n) is 3.29. The first-order valence-corrected chi connectivity index (χ1v) is 9.54. The van der Waals surface area contributed by atoms with Gasteiger partial charge in [0.2, 0.25) is 0 Å². The number of ether oxygens (including phenoxy) is 1. The molecule has 1 heterocycles. The normalized spacial score (nSPS) is 13.2. The third-order valence-electron chi connectivity index (χ3n) is 4.94. The van der Waals surface area contributed by atoms with E-state index in [9.17, 15) is 24.1 Å². The predicted molar refractivity (Wildman–Crippen MR) is 108 cm³/mol. The van der Waals surface area contributed by atoms with Crippen molar-refractivity contribution in [3.05, 3.63) is 69.5 Å². The second-order valence-corrected chi connectivity index (χ2v) is 7.11. The fourth-order valence-corrected chi connectivity index (χ4v) is 3.29. The lowest BCUT2D eigenvalue weighted by Crippen LogP contribution is -2.30. The van der Waals surface area contributed by atoms with Crippen LogP contribution in [0.1, 0.15) is 28.8 Å². The molecule has 2 aromatic carbocycles. The molecule has 3 rings (SSSR count). The van der Waals surface area contributed by atoms with Crippen molar-refractivity contribution in [1.29, 1.82) is 0 Å². The van der Waals surface area contributed by atoms with Crippen LogP contribution in [0.5, 0.6) is 0 Å². The number of hydrogen-bond acceptors (Lipinski definition) is 6. The molecule has 9 heteroatoms. The van der Waals surface area contributed by atoms with Gasteiger partial charge in [0.1, 0.15) is 11.5 Å². The van der Waals surface area contributed by atoms with Crippen LogP contribution in [-0.2, 0) is 16.1 Å². The summed E-state index contributed by atoms with van der Waals surface area (Å²) in [6, 6.07) is 9.91. The molecule has 1 saturated heterocycles. The Hall–Kier alpha value is -3.49. The van der Waals surface area contributed by atoms with E-state index in [0.717, 1.165) is 31.5 Å². The minimum Gasteiger partial charge on any atom is -0.452 e. The Morgan fingerprint density at radius 1 is 1.17 bits per heavy atom. The van der Waals surface area contributed by atoms with Gasteiger partial charge in [0.15, 0.2) is 6.61 Å². The summed E-state index contributed by atoms with van der Waals surface area (Å²) in [5.41, 5.74) is 1.06. The van der Waals surface area contributed by atoms with Crippen molar-refractivity contribution in [3.63, 3.8) is 0 Å². The lowest BCUT2D eigenvalue weighted by molar-refractivity contribution is -0.384. The third kappa shape index (κ3) is 5.11. The molecule has 2 aromatic rings. The second-order valence-electron chi connectivity index (χ2n) is 7.11. The number of nitro benzene ring substituents is 1. The van der Waals surface area contributed by atoms with Gasteiger partial charge < -0.3 is 14.5 Å². The molecule has 0 saturated carbocycles. The molecule has 158 valence electrons. The van der Waals surface area contributed by atoms with Crippen LogP contribution in [0.4, 0.5) is 15.8 Å². The zero-order valence-electron chi connectivity index (χ0n) is 16.5. The summed E-state index contributed by atoms with van der Waals surface area (Å²) < 4.78 is 18.0. The molecule has 8 nitrogen and oxygen atoms in total. The van der Waals surface area contributed by atoms with Crippen molar-refractivity contribution in [2.75, 3.05) is 31.6 Å². The molecule has 0 bridgehead atoms. The molecule has 0 aromatic heterocycles. The summed E-state index contributed by atoms with van der Waals surface area (Å²) in [6.45, 7) is 1.20. The summed E-state index contributed by atoms with van der Waals surface area (Å²) >= 11 is 0. The van der Waals surface area contributed by atoms with Gasteiger partial charge in [-0.3, -0.25) is 14.9 Å². The lowest BCUT2D eigenvalue weighted by atomic mass is 10.1. The standard InChI is InChI=1S/C21H22FN3O5/c1-23(13-15-4-7-17(22)8-5-15)20(26)14-30-21(27)16-6-9-18(19(12-16)25(28)29)24-10-2-3-11-24/h4-9,12H,2-3,10-11,13-14H2,1H3. The zero-order chi connectivity index (χ0) is 21.7. The van der Waals surface area contributed by atoms with Crippen LogP contribution in [0.15, 0.2) is 42.5 Å². The molecule has 0 N–H and O–H groups in total. The topological polar surface area (TPSA) is 93.0 Å². The van der Waals surface area contributed by atoms with E-state index in [1.54, 1.807) is 18.2 Å². The van der Waals surface area contributed by atoms with Gasteiger partial charge in [-0.15, -0.1) is 0 Å². The predicted octanol–water partition coefficient (Wildman–Crippen LogP) is 3.15. The Balaban J connectivity index is 1.61. The van der Waals surface area contributed by atoms with Gasteiger partial charge in [-0.1, -0.05) is 12.1 Å². The SMILES string of the molecule is CN(Cc1ccc(F)cc1)C(=O)COC(=O)c1ccc(N2CCCC2)c([N+](=O)[O-])c1. The molecular weight excluding hydrogens is 393 g/mol. The Labute approximate surface area is 173 Å². The molecule has 30 heavy (non-hydrogen) atoms. The summed E-state index contributed by atoms with van der Waals surface area (Å²) in [4.78, 5) is 38.7. The quantitative estimate of drug-likeness (QED) is 0.392. The summed E-state index contributed by atoms with van der Waals surface area (Å²) in [7, 11) is 1.54. The first-order chi connectivity index (χ1) is 14.3. The molecule has 1 aliphatic heterocycles. The molecule has 0 spiro atoms. The molecule has 0 atom stereocenters. The first kappa shape index (κ1) is 21.2. The number of halogens is 1. The van der Waals surface area contributed by atoms with Crippen LogP contribution in [-0.4, -0.2) is 48.4 Å². The summed E-state index contributed by atoms with van der Waals surface area (Å²) in [5.74, 6) is -1.63. The van der Waals surface area contributed by atoms with Crippen LogP contribution in [0.3, 0.4) is 0 Å².